The van der Waals surface area contributed by atoms with Crippen LogP contribution < -0.4 is 5.32 Å². The van der Waals surface area contributed by atoms with E-state index in [1.165, 1.54) is 19.3 Å². The first-order valence-corrected chi connectivity index (χ1v) is 7.65. The van der Waals surface area contributed by atoms with Crippen molar-refractivity contribution in [1.29, 1.82) is 0 Å². The van der Waals surface area contributed by atoms with Crippen molar-refractivity contribution in [2.24, 2.45) is 11.8 Å². The van der Waals surface area contributed by atoms with E-state index in [0.717, 1.165) is 38.1 Å². The smallest absolute Gasteiger partial charge is 0.225 e. The van der Waals surface area contributed by atoms with Crippen molar-refractivity contribution in [3.63, 3.8) is 0 Å². The standard InChI is InChI=1S/C15H28N2O2/c1-16-15(11-18)8-6-13(7-9-15)14(19)17(2)10-12-4-3-5-12/h12-13,16,18H,3-11H2,1-2H3. The first-order valence-electron chi connectivity index (χ1n) is 7.65. The zero-order chi connectivity index (χ0) is 13.9. The third-order valence-electron chi connectivity index (χ3n) is 5.26. The fraction of sp³-hybridized carbons (Fsp3) is 0.933. The minimum atomic E-state index is -0.149. The molecule has 0 spiro atoms. The van der Waals surface area contributed by atoms with Gasteiger partial charge in [0, 0.05) is 25.0 Å². The highest BCUT2D eigenvalue weighted by Gasteiger charge is 2.37. The molecule has 0 radical (unpaired) electrons. The van der Waals surface area contributed by atoms with Gasteiger partial charge in [-0.05, 0) is 51.5 Å². The van der Waals surface area contributed by atoms with Gasteiger partial charge in [0.05, 0.1) is 6.61 Å². The molecular weight excluding hydrogens is 240 g/mol. The normalized spacial score (nSPS) is 31.8. The van der Waals surface area contributed by atoms with Crippen molar-refractivity contribution in [2.75, 3.05) is 27.2 Å². The number of carbonyl (C=O) groups is 1. The monoisotopic (exact) mass is 268 g/mol. The van der Waals surface area contributed by atoms with Gasteiger partial charge in [-0.15, -0.1) is 0 Å². The number of amides is 1. The van der Waals surface area contributed by atoms with E-state index in [2.05, 4.69) is 5.32 Å². The molecule has 0 unspecified atom stereocenters. The summed E-state index contributed by atoms with van der Waals surface area (Å²) in [6.45, 7) is 1.11. The van der Waals surface area contributed by atoms with Gasteiger partial charge in [0.25, 0.3) is 0 Å². The molecule has 0 atom stereocenters. The molecule has 2 N–H and O–H groups in total. The zero-order valence-electron chi connectivity index (χ0n) is 12.3. The van der Waals surface area contributed by atoms with Crippen LogP contribution in [-0.2, 0) is 4.79 Å². The first kappa shape index (κ1) is 14.8. The topological polar surface area (TPSA) is 52.6 Å². The molecule has 4 heteroatoms. The van der Waals surface area contributed by atoms with Crippen LogP contribution in [0, 0.1) is 11.8 Å². The maximum atomic E-state index is 12.4. The minimum absolute atomic E-state index is 0.149. The summed E-state index contributed by atoms with van der Waals surface area (Å²) in [6.07, 6.45) is 7.49. The lowest BCUT2D eigenvalue weighted by Gasteiger charge is -2.40. The fourth-order valence-corrected chi connectivity index (χ4v) is 3.37. The molecule has 0 bridgehead atoms. The van der Waals surface area contributed by atoms with E-state index in [9.17, 15) is 9.90 Å². The van der Waals surface area contributed by atoms with Crippen molar-refractivity contribution in [2.45, 2.75) is 50.5 Å². The first-order chi connectivity index (χ1) is 9.10. The Kier molecular flexibility index (Phi) is 4.85. The molecule has 4 nitrogen and oxygen atoms in total. The molecule has 0 heterocycles. The largest absolute Gasteiger partial charge is 0.394 e. The maximum absolute atomic E-state index is 12.4. The Labute approximate surface area is 116 Å². The summed E-state index contributed by atoms with van der Waals surface area (Å²) in [7, 11) is 3.85. The van der Waals surface area contributed by atoms with Crippen LogP contribution in [0.15, 0.2) is 0 Å². The van der Waals surface area contributed by atoms with Gasteiger partial charge in [0.2, 0.25) is 5.91 Å². The Balaban J connectivity index is 1.81. The molecule has 0 aliphatic heterocycles. The second-order valence-electron chi connectivity index (χ2n) is 6.48. The van der Waals surface area contributed by atoms with Gasteiger partial charge < -0.3 is 15.3 Å². The van der Waals surface area contributed by atoms with Gasteiger partial charge in [-0.3, -0.25) is 4.79 Å². The Bertz CT molecular complexity index is 301. The number of aliphatic hydroxyl groups is 1. The van der Waals surface area contributed by atoms with Gasteiger partial charge >= 0.3 is 0 Å². The summed E-state index contributed by atoms with van der Waals surface area (Å²) in [5.74, 6) is 1.22. The number of hydrogen-bond donors (Lipinski definition) is 2. The Morgan fingerprint density at radius 2 is 1.95 bits per heavy atom. The zero-order valence-corrected chi connectivity index (χ0v) is 12.3. The average molecular weight is 268 g/mol. The Hall–Kier alpha value is -0.610. The number of aliphatic hydroxyl groups excluding tert-OH is 1. The lowest BCUT2D eigenvalue weighted by atomic mass is 9.76. The van der Waals surface area contributed by atoms with Crippen molar-refractivity contribution >= 4 is 5.91 Å². The lowest BCUT2D eigenvalue weighted by Crippen LogP contribution is -2.51. The van der Waals surface area contributed by atoms with Crippen LogP contribution in [0.4, 0.5) is 0 Å². The van der Waals surface area contributed by atoms with E-state index in [4.69, 9.17) is 0 Å². The summed E-state index contributed by atoms with van der Waals surface area (Å²) in [5.41, 5.74) is -0.149. The van der Waals surface area contributed by atoms with Gasteiger partial charge in [0.1, 0.15) is 0 Å². The van der Waals surface area contributed by atoms with Gasteiger partial charge in [-0.25, -0.2) is 0 Å². The molecule has 2 fully saturated rings. The van der Waals surface area contributed by atoms with Crippen molar-refractivity contribution < 1.29 is 9.90 Å². The quantitative estimate of drug-likeness (QED) is 0.792. The van der Waals surface area contributed by atoms with E-state index < -0.39 is 0 Å². The lowest BCUT2D eigenvalue weighted by molar-refractivity contribution is -0.136. The summed E-state index contributed by atoms with van der Waals surface area (Å²) >= 11 is 0. The molecule has 0 saturated heterocycles. The molecule has 2 aliphatic carbocycles. The number of nitrogens with one attached hydrogen (secondary N) is 1. The van der Waals surface area contributed by atoms with E-state index in [1.807, 2.05) is 19.0 Å². The van der Waals surface area contributed by atoms with Crippen LogP contribution in [0.1, 0.15) is 44.9 Å². The highest BCUT2D eigenvalue weighted by molar-refractivity contribution is 5.78. The Morgan fingerprint density at radius 1 is 1.32 bits per heavy atom. The maximum Gasteiger partial charge on any atom is 0.225 e. The van der Waals surface area contributed by atoms with Crippen molar-refractivity contribution in [3.05, 3.63) is 0 Å². The molecular formula is C15H28N2O2. The predicted octanol–water partition coefficient (Wildman–Crippen LogP) is 1.39. The third kappa shape index (κ3) is 3.29. The van der Waals surface area contributed by atoms with E-state index >= 15 is 0 Å². The van der Waals surface area contributed by atoms with Gasteiger partial charge in [-0.1, -0.05) is 6.42 Å². The molecule has 2 rings (SSSR count). The van der Waals surface area contributed by atoms with Gasteiger partial charge in [-0.2, -0.15) is 0 Å². The number of nitrogens with zero attached hydrogens (tertiary/aromatic N) is 1. The average Bonchev–Trinajstić information content (AvgIpc) is 2.42. The highest BCUT2D eigenvalue weighted by atomic mass is 16.3. The molecule has 0 aromatic carbocycles. The predicted molar refractivity (Wildman–Crippen MR) is 75.8 cm³/mol. The molecule has 110 valence electrons. The molecule has 0 aromatic rings. The van der Waals surface area contributed by atoms with Gasteiger partial charge in [0.15, 0.2) is 0 Å². The van der Waals surface area contributed by atoms with Crippen LogP contribution >= 0.6 is 0 Å². The summed E-state index contributed by atoms with van der Waals surface area (Å²) in [4.78, 5) is 14.3. The highest BCUT2D eigenvalue weighted by Crippen LogP contribution is 2.33. The van der Waals surface area contributed by atoms with Crippen LogP contribution in [-0.4, -0.2) is 48.7 Å². The van der Waals surface area contributed by atoms with Crippen LogP contribution in [0.2, 0.25) is 0 Å². The summed E-state index contributed by atoms with van der Waals surface area (Å²) < 4.78 is 0. The number of rotatable bonds is 5. The molecule has 1 amide bonds. The fourth-order valence-electron chi connectivity index (χ4n) is 3.37. The van der Waals surface area contributed by atoms with Crippen molar-refractivity contribution in [1.82, 2.24) is 10.2 Å². The SMILES string of the molecule is CNC1(CO)CCC(C(=O)N(C)CC2CCC2)CC1. The van der Waals surface area contributed by atoms with E-state index in [-0.39, 0.29) is 18.1 Å². The van der Waals surface area contributed by atoms with Crippen LogP contribution in [0.5, 0.6) is 0 Å². The summed E-state index contributed by atoms with van der Waals surface area (Å²) in [6, 6.07) is 0. The Morgan fingerprint density at radius 3 is 2.37 bits per heavy atom. The third-order valence-corrected chi connectivity index (χ3v) is 5.26. The number of carbonyl (C=O) groups excluding carboxylic acids is 1. The van der Waals surface area contributed by atoms with Crippen LogP contribution in [0.3, 0.4) is 0 Å². The van der Waals surface area contributed by atoms with Crippen LogP contribution in [0.25, 0.3) is 0 Å². The second-order valence-corrected chi connectivity index (χ2v) is 6.48. The number of hydrogen-bond acceptors (Lipinski definition) is 3. The minimum Gasteiger partial charge on any atom is -0.394 e. The summed E-state index contributed by atoms with van der Waals surface area (Å²) in [5, 5.41) is 12.7. The number of likely N-dealkylation sites (N-methyl/N-ethyl adjacent to an activating group) is 1. The molecule has 19 heavy (non-hydrogen) atoms. The van der Waals surface area contributed by atoms with E-state index in [0.29, 0.717) is 5.91 Å². The molecule has 0 aromatic heterocycles. The van der Waals surface area contributed by atoms with Crippen molar-refractivity contribution in [3.8, 4) is 0 Å². The van der Waals surface area contributed by atoms with E-state index in [1.54, 1.807) is 0 Å². The second kappa shape index (κ2) is 6.23. The molecule has 2 aliphatic rings. The molecule has 2 saturated carbocycles.